The van der Waals surface area contributed by atoms with Crippen LogP contribution in [0, 0.1) is 0 Å². The molecule has 1 aliphatic carbocycles. The molecule has 6 heteroatoms. The molecule has 29 heavy (non-hydrogen) atoms. The number of hydrogen-bond donors (Lipinski definition) is 4. The minimum atomic E-state index is -0.512. The Morgan fingerprint density at radius 1 is 1.00 bits per heavy atom. The van der Waals surface area contributed by atoms with Crippen molar-refractivity contribution < 1.29 is 9.59 Å². The van der Waals surface area contributed by atoms with Gasteiger partial charge in [0, 0.05) is 6.04 Å². The fourth-order valence-electron chi connectivity index (χ4n) is 4.00. The third-order valence-corrected chi connectivity index (χ3v) is 5.54. The first-order valence-electron chi connectivity index (χ1n) is 9.74. The third kappa shape index (κ3) is 4.01. The first-order valence-corrected chi connectivity index (χ1v) is 9.74. The average molecular weight is 388 g/mol. The summed E-state index contributed by atoms with van der Waals surface area (Å²) < 4.78 is 0. The van der Waals surface area contributed by atoms with Gasteiger partial charge < -0.3 is 21.7 Å². The summed E-state index contributed by atoms with van der Waals surface area (Å²) in [6.45, 7) is 3.63. The lowest BCUT2D eigenvalue weighted by atomic mass is 9.95. The Labute approximate surface area is 169 Å². The molecule has 2 aromatic carbocycles. The van der Waals surface area contributed by atoms with Gasteiger partial charge in [-0.05, 0) is 41.9 Å². The molecule has 1 saturated carbocycles. The van der Waals surface area contributed by atoms with Crippen molar-refractivity contribution in [3.05, 3.63) is 84.0 Å². The average Bonchev–Trinajstić information content (AvgIpc) is 3.20. The molecule has 5 N–H and O–H groups in total. The van der Waals surface area contributed by atoms with E-state index in [1.54, 1.807) is 0 Å². The Bertz CT molecular complexity index is 980. The van der Waals surface area contributed by atoms with Gasteiger partial charge in [0.25, 0.3) is 11.8 Å². The van der Waals surface area contributed by atoms with E-state index in [9.17, 15) is 9.59 Å². The van der Waals surface area contributed by atoms with E-state index in [-0.39, 0.29) is 29.2 Å². The Kier molecular flexibility index (Phi) is 5.08. The summed E-state index contributed by atoms with van der Waals surface area (Å²) in [4.78, 5) is 24.3. The van der Waals surface area contributed by atoms with Crippen LogP contribution in [0.5, 0.6) is 0 Å². The molecule has 0 aromatic heterocycles. The van der Waals surface area contributed by atoms with E-state index in [1.165, 1.54) is 16.7 Å². The number of hydrogen-bond acceptors (Lipinski definition) is 4. The van der Waals surface area contributed by atoms with Crippen LogP contribution in [0.25, 0.3) is 11.1 Å². The van der Waals surface area contributed by atoms with Crippen LogP contribution in [-0.2, 0) is 9.59 Å². The monoisotopic (exact) mass is 388 g/mol. The highest BCUT2D eigenvalue weighted by molar-refractivity contribution is 6.05. The van der Waals surface area contributed by atoms with Crippen LogP contribution < -0.4 is 21.7 Å². The van der Waals surface area contributed by atoms with E-state index in [2.05, 4.69) is 58.9 Å². The smallest absolute Gasteiger partial charge is 0.274 e. The molecule has 0 spiro atoms. The van der Waals surface area contributed by atoms with Gasteiger partial charge in [-0.25, -0.2) is 0 Å². The largest absolute Gasteiger partial charge is 0.392 e. The number of carbonyl (C=O) groups is 2. The second kappa shape index (κ2) is 7.83. The van der Waals surface area contributed by atoms with Gasteiger partial charge in [-0.3, -0.25) is 9.59 Å². The fraction of sp³-hybridized carbons (Fsp3) is 0.217. The molecule has 1 heterocycles. The van der Waals surface area contributed by atoms with E-state index >= 15 is 0 Å². The van der Waals surface area contributed by atoms with Crippen LogP contribution in [0.4, 0.5) is 0 Å². The molecule has 0 bridgehead atoms. The lowest BCUT2D eigenvalue weighted by molar-refractivity contribution is -0.121. The molecule has 0 saturated heterocycles. The zero-order chi connectivity index (χ0) is 20.4. The van der Waals surface area contributed by atoms with Gasteiger partial charge in [-0.1, -0.05) is 61.2 Å². The second-order valence-corrected chi connectivity index (χ2v) is 7.51. The quantitative estimate of drug-likeness (QED) is 0.647. The lowest BCUT2D eigenvalue weighted by Gasteiger charge is -2.22. The maximum absolute atomic E-state index is 12.6. The van der Waals surface area contributed by atoms with Gasteiger partial charge in [-0.15, -0.1) is 0 Å². The summed E-state index contributed by atoms with van der Waals surface area (Å²) in [6, 6.07) is 19.0. The van der Waals surface area contributed by atoms with E-state index in [1.807, 2.05) is 18.2 Å². The maximum Gasteiger partial charge on any atom is 0.274 e. The predicted molar refractivity (Wildman–Crippen MR) is 112 cm³/mol. The number of benzene rings is 2. The van der Waals surface area contributed by atoms with Crippen LogP contribution >= 0.6 is 0 Å². The summed E-state index contributed by atoms with van der Waals surface area (Å²) >= 11 is 0. The summed E-state index contributed by atoms with van der Waals surface area (Å²) in [5, 5.41) is 8.19. The highest BCUT2D eigenvalue weighted by Crippen LogP contribution is 2.35. The van der Waals surface area contributed by atoms with Gasteiger partial charge in [0.05, 0.1) is 0 Å². The molecule has 0 radical (unpaired) electrons. The SMILES string of the molecule is C=C1NC(=O)C(N)=C(C(=O)N[C@H]2CC[C@@H](c3ccc(-c4ccccc4)cc3)C2)N1. The molecule has 6 nitrogen and oxygen atoms in total. The maximum atomic E-state index is 12.6. The zero-order valence-electron chi connectivity index (χ0n) is 16.1. The zero-order valence-corrected chi connectivity index (χ0v) is 16.1. The topological polar surface area (TPSA) is 96.2 Å². The van der Waals surface area contributed by atoms with Crippen molar-refractivity contribution in [2.24, 2.45) is 5.73 Å². The van der Waals surface area contributed by atoms with Crippen LogP contribution in [0.3, 0.4) is 0 Å². The molecular formula is C23H24N4O2. The third-order valence-electron chi connectivity index (χ3n) is 5.54. The van der Waals surface area contributed by atoms with E-state index in [0.717, 1.165) is 19.3 Å². The molecule has 1 fully saturated rings. The molecule has 1 aliphatic heterocycles. The fourth-order valence-corrected chi connectivity index (χ4v) is 4.00. The molecular weight excluding hydrogens is 364 g/mol. The van der Waals surface area contributed by atoms with Crippen LogP contribution in [-0.4, -0.2) is 17.9 Å². The summed E-state index contributed by atoms with van der Waals surface area (Å²) in [5.41, 5.74) is 9.36. The predicted octanol–water partition coefficient (Wildman–Crippen LogP) is 2.47. The van der Waals surface area contributed by atoms with Gasteiger partial charge in [0.1, 0.15) is 17.2 Å². The second-order valence-electron chi connectivity index (χ2n) is 7.51. The molecule has 148 valence electrons. The van der Waals surface area contributed by atoms with E-state index in [4.69, 9.17) is 5.73 Å². The minimum Gasteiger partial charge on any atom is -0.392 e. The van der Waals surface area contributed by atoms with Crippen molar-refractivity contribution in [1.82, 2.24) is 16.0 Å². The van der Waals surface area contributed by atoms with Crippen molar-refractivity contribution in [3.63, 3.8) is 0 Å². The Balaban J connectivity index is 1.39. The van der Waals surface area contributed by atoms with Gasteiger partial charge >= 0.3 is 0 Å². The molecule has 4 rings (SSSR count). The van der Waals surface area contributed by atoms with Gasteiger partial charge in [0.15, 0.2) is 0 Å². The summed E-state index contributed by atoms with van der Waals surface area (Å²) in [7, 11) is 0. The molecule has 2 amide bonds. The number of nitrogens with two attached hydrogens (primary N) is 1. The first kappa shape index (κ1) is 18.8. The van der Waals surface area contributed by atoms with Gasteiger partial charge in [0.2, 0.25) is 0 Å². The number of rotatable bonds is 4. The molecule has 2 aliphatic rings. The Morgan fingerprint density at radius 2 is 1.69 bits per heavy atom. The first-order chi connectivity index (χ1) is 14.0. The van der Waals surface area contributed by atoms with Crippen LogP contribution in [0.15, 0.2) is 78.4 Å². The number of amides is 2. The van der Waals surface area contributed by atoms with Crippen molar-refractivity contribution in [2.75, 3.05) is 0 Å². The summed E-state index contributed by atoms with van der Waals surface area (Å²) in [6.07, 6.45) is 2.75. The molecule has 0 unspecified atom stereocenters. The van der Waals surface area contributed by atoms with Crippen LogP contribution in [0.2, 0.25) is 0 Å². The normalized spacial score (nSPS) is 21.5. The summed E-state index contributed by atoms with van der Waals surface area (Å²) in [5.74, 6) is -0.239. The number of carbonyl (C=O) groups excluding carboxylic acids is 2. The van der Waals surface area contributed by atoms with Crippen LogP contribution in [0.1, 0.15) is 30.7 Å². The van der Waals surface area contributed by atoms with Crippen molar-refractivity contribution in [1.29, 1.82) is 0 Å². The molecule has 2 aromatic rings. The van der Waals surface area contributed by atoms with Crippen molar-refractivity contribution in [2.45, 2.75) is 31.2 Å². The molecule has 2 atom stereocenters. The highest BCUT2D eigenvalue weighted by Gasteiger charge is 2.30. The van der Waals surface area contributed by atoms with Crippen molar-refractivity contribution in [3.8, 4) is 11.1 Å². The Morgan fingerprint density at radius 3 is 2.41 bits per heavy atom. The van der Waals surface area contributed by atoms with E-state index in [0.29, 0.717) is 5.92 Å². The minimum absolute atomic E-state index is 0.0432. The van der Waals surface area contributed by atoms with Gasteiger partial charge in [-0.2, -0.15) is 0 Å². The number of nitrogens with one attached hydrogen (secondary N) is 3. The van der Waals surface area contributed by atoms with Crippen molar-refractivity contribution >= 4 is 11.8 Å². The highest BCUT2D eigenvalue weighted by atomic mass is 16.2. The standard InChI is InChI=1S/C23H24N4O2/c1-14-25-21(20(24)22(28)26-14)23(29)27-19-12-11-18(13-19)17-9-7-16(8-10-17)15-5-3-2-4-6-15/h2-10,18-19,25H,1,11-13,24H2,(H,26,28)(H,27,29)/t18-,19+/m1/s1. The van der Waals surface area contributed by atoms with E-state index < -0.39 is 5.91 Å². The Hall–Kier alpha value is -3.54. The lowest BCUT2D eigenvalue weighted by Crippen LogP contribution is -2.47.